The fraction of sp³-hybridized carbons (Fsp3) is 0.188. The fourth-order valence-corrected chi connectivity index (χ4v) is 2.12. The Morgan fingerprint density at radius 3 is 2.42 bits per heavy atom. The molecule has 0 aromatic heterocycles. The van der Waals surface area contributed by atoms with Gasteiger partial charge < -0.3 is 4.90 Å². The second-order valence-corrected chi connectivity index (χ2v) is 4.76. The second-order valence-electron chi connectivity index (χ2n) is 4.49. The number of benzene rings is 2. The van der Waals surface area contributed by atoms with Gasteiger partial charge in [-0.15, -0.1) is 11.6 Å². The predicted octanol–water partition coefficient (Wildman–Crippen LogP) is 4.37. The maximum absolute atomic E-state index is 9.26. The van der Waals surface area contributed by atoms with E-state index in [1.54, 1.807) is 0 Å². The van der Waals surface area contributed by atoms with Crippen molar-refractivity contribution in [1.82, 2.24) is 0 Å². The van der Waals surface area contributed by atoms with Gasteiger partial charge in [0.25, 0.3) is 0 Å². The number of halogens is 1. The van der Waals surface area contributed by atoms with Gasteiger partial charge in [0, 0.05) is 18.6 Å². The lowest BCUT2D eigenvalue weighted by Gasteiger charge is -2.21. The van der Waals surface area contributed by atoms with Crippen LogP contribution in [-0.2, 0) is 5.88 Å². The van der Waals surface area contributed by atoms with Crippen LogP contribution in [-0.4, -0.2) is 7.05 Å². The lowest BCUT2D eigenvalue weighted by Crippen LogP contribution is -2.11. The molecule has 19 heavy (non-hydrogen) atoms. The molecular weight excluding hydrogens is 256 g/mol. The molecule has 0 aliphatic rings. The molecule has 0 atom stereocenters. The Balaban J connectivity index is 2.41. The van der Waals surface area contributed by atoms with E-state index >= 15 is 0 Å². The van der Waals surface area contributed by atoms with Crippen LogP contribution in [0.4, 0.5) is 11.4 Å². The molecule has 0 radical (unpaired) electrons. The van der Waals surface area contributed by atoms with Crippen molar-refractivity contribution in [3.8, 4) is 6.07 Å². The first-order chi connectivity index (χ1) is 9.15. The van der Waals surface area contributed by atoms with Gasteiger partial charge in [0.05, 0.1) is 11.3 Å². The predicted molar refractivity (Wildman–Crippen MR) is 80.0 cm³/mol. The summed E-state index contributed by atoms with van der Waals surface area (Å²) < 4.78 is 0. The van der Waals surface area contributed by atoms with Crippen LogP contribution in [0.15, 0.2) is 42.5 Å². The SMILES string of the molecule is Cc1ccc(N(C)c2ccc(CCl)cc2C#N)cc1. The van der Waals surface area contributed by atoms with Crippen LogP contribution in [0.25, 0.3) is 0 Å². The summed E-state index contributed by atoms with van der Waals surface area (Å²) in [6, 6.07) is 16.2. The van der Waals surface area contributed by atoms with Gasteiger partial charge in [-0.25, -0.2) is 0 Å². The zero-order valence-electron chi connectivity index (χ0n) is 11.0. The fourth-order valence-electron chi connectivity index (χ4n) is 1.96. The number of alkyl halides is 1. The van der Waals surface area contributed by atoms with E-state index in [1.165, 1.54) is 5.56 Å². The number of aryl methyl sites for hydroxylation is 1. The molecule has 2 rings (SSSR count). The Bertz CT molecular complexity index is 612. The Morgan fingerprint density at radius 1 is 1.16 bits per heavy atom. The van der Waals surface area contributed by atoms with Gasteiger partial charge in [-0.1, -0.05) is 23.8 Å². The summed E-state index contributed by atoms with van der Waals surface area (Å²) in [6.07, 6.45) is 0. The van der Waals surface area contributed by atoms with Gasteiger partial charge in [-0.2, -0.15) is 5.26 Å². The molecule has 0 N–H and O–H groups in total. The van der Waals surface area contributed by atoms with Gasteiger partial charge >= 0.3 is 0 Å². The topological polar surface area (TPSA) is 27.0 Å². The van der Waals surface area contributed by atoms with Crippen LogP contribution in [0.1, 0.15) is 16.7 Å². The highest BCUT2D eigenvalue weighted by Gasteiger charge is 2.09. The minimum atomic E-state index is 0.420. The Hall–Kier alpha value is -1.98. The molecule has 2 nitrogen and oxygen atoms in total. The minimum Gasteiger partial charge on any atom is -0.344 e. The Kier molecular flexibility index (Phi) is 4.09. The number of rotatable bonds is 3. The number of hydrogen-bond acceptors (Lipinski definition) is 2. The smallest absolute Gasteiger partial charge is 0.101 e. The Morgan fingerprint density at radius 2 is 1.84 bits per heavy atom. The molecule has 0 saturated carbocycles. The zero-order chi connectivity index (χ0) is 13.8. The molecule has 0 heterocycles. The molecule has 0 aliphatic carbocycles. The number of nitrogens with zero attached hydrogens (tertiary/aromatic N) is 2. The third kappa shape index (κ3) is 2.89. The van der Waals surface area contributed by atoms with Gasteiger partial charge in [0.1, 0.15) is 6.07 Å². The van der Waals surface area contributed by atoms with Gasteiger partial charge in [0.2, 0.25) is 0 Å². The van der Waals surface area contributed by atoms with Crippen LogP contribution in [0.2, 0.25) is 0 Å². The molecule has 96 valence electrons. The van der Waals surface area contributed by atoms with Crippen molar-refractivity contribution in [2.75, 3.05) is 11.9 Å². The van der Waals surface area contributed by atoms with Gasteiger partial charge in [-0.05, 0) is 36.8 Å². The summed E-state index contributed by atoms with van der Waals surface area (Å²) >= 11 is 5.80. The average molecular weight is 271 g/mol. The standard InChI is InChI=1S/C16H15ClN2/c1-12-3-6-15(7-4-12)19(2)16-8-5-13(10-17)9-14(16)11-18/h3-9H,10H2,1-2H3. The van der Waals surface area contributed by atoms with Crippen LogP contribution in [0.3, 0.4) is 0 Å². The van der Waals surface area contributed by atoms with Crippen molar-refractivity contribution in [2.45, 2.75) is 12.8 Å². The van der Waals surface area contributed by atoms with Crippen molar-refractivity contribution in [3.63, 3.8) is 0 Å². The van der Waals surface area contributed by atoms with Crippen LogP contribution in [0, 0.1) is 18.3 Å². The molecule has 0 aliphatic heterocycles. The van der Waals surface area contributed by atoms with Crippen molar-refractivity contribution in [3.05, 3.63) is 59.2 Å². The molecule has 0 amide bonds. The van der Waals surface area contributed by atoms with Gasteiger partial charge in [0.15, 0.2) is 0 Å². The summed E-state index contributed by atoms with van der Waals surface area (Å²) in [4.78, 5) is 2.01. The molecule has 0 fully saturated rings. The minimum absolute atomic E-state index is 0.420. The number of anilines is 2. The lowest BCUT2D eigenvalue weighted by atomic mass is 10.1. The van der Waals surface area contributed by atoms with E-state index in [0.29, 0.717) is 11.4 Å². The summed E-state index contributed by atoms with van der Waals surface area (Å²) in [6.45, 7) is 2.06. The lowest BCUT2D eigenvalue weighted by molar-refractivity contribution is 1.19. The quantitative estimate of drug-likeness (QED) is 0.774. The highest BCUT2D eigenvalue weighted by molar-refractivity contribution is 6.17. The summed E-state index contributed by atoms with van der Waals surface area (Å²) in [5, 5.41) is 9.26. The van der Waals surface area contributed by atoms with E-state index in [-0.39, 0.29) is 0 Å². The maximum Gasteiger partial charge on any atom is 0.101 e. The zero-order valence-corrected chi connectivity index (χ0v) is 11.8. The third-order valence-electron chi connectivity index (χ3n) is 3.12. The van der Waals surface area contributed by atoms with Crippen LogP contribution >= 0.6 is 11.6 Å². The highest BCUT2D eigenvalue weighted by atomic mass is 35.5. The molecular formula is C16H15ClN2. The number of hydrogen-bond donors (Lipinski definition) is 0. The second kappa shape index (κ2) is 5.77. The van der Waals surface area contributed by atoms with Crippen LogP contribution < -0.4 is 4.90 Å². The summed E-state index contributed by atoms with van der Waals surface area (Å²) in [5.41, 5.74) is 4.76. The van der Waals surface area contributed by atoms with E-state index in [2.05, 4.69) is 25.1 Å². The molecule has 3 heteroatoms. The van der Waals surface area contributed by atoms with Crippen molar-refractivity contribution in [1.29, 1.82) is 5.26 Å². The van der Waals surface area contributed by atoms with E-state index < -0.39 is 0 Å². The van der Waals surface area contributed by atoms with Crippen LogP contribution in [0.5, 0.6) is 0 Å². The normalized spacial score (nSPS) is 10.0. The first-order valence-electron chi connectivity index (χ1n) is 6.05. The molecule has 0 spiro atoms. The maximum atomic E-state index is 9.26. The number of nitriles is 1. The van der Waals surface area contributed by atoms with Crippen molar-refractivity contribution in [2.24, 2.45) is 0 Å². The molecule has 2 aromatic carbocycles. The first-order valence-corrected chi connectivity index (χ1v) is 6.58. The van der Waals surface area contributed by atoms with Gasteiger partial charge in [-0.3, -0.25) is 0 Å². The summed E-state index contributed by atoms with van der Waals surface area (Å²) in [7, 11) is 1.96. The summed E-state index contributed by atoms with van der Waals surface area (Å²) in [5.74, 6) is 0.420. The first kappa shape index (κ1) is 13.5. The Labute approximate surface area is 118 Å². The molecule has 0 bridgehead atoms. The van der Waals surface area contributed by atoms with E-state index in [1.807, 2.05) is 42.3 Å². The van der Waals surface area contributed by atoms with E-state index in [9.17, 15) is 5.26 Å². The third-order valence-corrected chi connectivity index (χ3v) is 3.43. The highest BCUT2D eigenvalue weighted by Crippen LogP contribution is 2.28. The van der Waals surface area contributed by atoms with E-state index in [0.717, 1.165) is 16.9 Å². The average Bonchev–Trinajstić information content (AvgIpc) is 2.46. The van der Waals surface area contributed by atoms with E-state index in [4.69, 9.17) is 11.6 Å². The van der Waals surface area contributed by atoms with Crippen molar-refractivity contribution >= 4 is 23.0 Å². The molecule has 0 unspecified atom stereocenters. The molecule has 0 saturated heterocycles. The van der Waals surface area contributed by atoms with Crippen molar-refractivity contribution < 1.29 is 0 Å². The largest absolute Gasteiger partial charge is 0.344 e. The molecule has 2 aromatic rings. The monoisotopic (exact) mass is 270 g/mol.